The van der Waals surface area contributed by atoms with Crippen LogP contribution in [0, 0.1) is 6.92 Å². The summed E-state index contributed by atoms with van der Waals surface area (Å²) < 4.78 is 53.7. The minimum atomic E-state index is -4.74. The molecule has 1 fully saturated rings. The van der Waals surface area contributed by atoms with Crippen LogP contribution < -0.4 is 20.9 Å². The summed E-state index contributed by atoms with van der Waals surface area (Å²) >= 11 is 7.13. The molecule has 2 aromatic carbocycles. The molecule has 3 unspecified atom stereocenters. The molecule has 260 valence electrons. The van der Waals surface area contributed by atoms with Gasteiger partial charge in [0.25, 0.3) is 5.56 Å². The number of aliphatic hydroxyl groups excluding tert-OH is 1. The zero-order valence-electron chi connectivity index (χ0n) is 27.4. The minimum absolute atomic E-state index is 0.0154. The van der Waals surface area contributed by atoms with Gasteiger partial charge in [0.2, 0.25) is 5.88 Å². The monoisotopic (exact) mass is 706 g/mol. The Hall–Kier alpha value is -4.56. The summed E-state index contributed by atoms with van der Waals surface area (Å²) in [5, 5.41) is 21.4. The lowest BCUT2D eigenvalue weighted by Gasteiger charge is -2.31. The largest absolute Gasteiger partial charge is 0.481 e. The van der Waals surface area contributed by atoms with Gasteiger partial charge in [-0.3, -0.25) is 4.79 Å². The van der Waals surface area contributed by atoms with Gasteiger partial charge in [0, 0.05) is 53.5 Å². The molecule has 1 aliphatic carbocycles. The van der Waals surface area contributed by atoms with Gasteiger partial charge in [-0.15, -0.1) is 0 Å². The second kappa shape index (κ2) is 13.3. The van der Waals surface area contributed by atoms with Gasteiger partial charge in [-0.2, -0.15) is 18.3 Å². The molecule has 7 rings (SSSR count). The summed E-state index contributed by atoms with van der Waals surface area (Å²) in [6.45, 7) is 2.71. The first-order valence-electron chi connectivity index (χ1n) is 16.1. The van der Waals surface area contributed by atoms with Crippen LogP contribution in [0.15, 0.2) is 59.5 Å². The van der Waals surface area contributed by atoms with Gasteiger partial charge in [-0.25, -0.2) is 14.6 Å². The van der Waals surface area contributed by atoms with Crippen molar-refractivity contribution in [1.82, 2.24) is 25.1 Å². The Morgan fingerprint density at radius 1 is 1.08 bits per heavy atom. The van der Waals surface area contributed by atoms with E-state index in [0.717, 1.165) is 40.3 Å². The van der Waals surface area contributed by atoms with Gasteiger partial charge >= 0.3 is 6.18 Å². The number of anilines is 2. The summed E-state index contributed by atoms with van der Waals surface area (Å²) in [6, 6.07) is 13.7. The molecule has 4 heterocycles. The number of pyridine rings is 2. The molecule has 5 aromatic rings. The Kier molecular flexibility index (Phi) is 9.01. The average Bonchev–Trinajstić information content (AvgIpc) is 3.50. The van der Waals surface area contributed by atoms with Gasteiger partial charge in [-0.05, 0) is 61.1 Å². The van der Waals surface area contributed by atoms with E-state index in [1.54, 1.807) is 19.2 Å². The Morgan fingerprint density at radius 2 is 1.84 bits per heavy atom. The molecule has 10 nitrogen and oxygen atoms in total. The predicted octanol–water partition coefficient (Wildman–Crippen LogP) is 6.52. The first-order chi connectivity index (χ1) is 23.9. The molecule has 50 heavy (non-hydrogen) atoms. The molecule has 3 atom stereocenters. The number of nitrogens with zero attached hydrogens (tertiary/aromatic N) is 4. The molecule has 0 bridgehead atoms. The Morgan fingerprint density at radius 3 is 2.60 bits per heavy atom. The number of hydrogen-bond donors (Lipinski definition) is 3. The number of alkyl halides is 3. The highest BCUT2D eigenvalue weighted by molar-refractivity contribution is 6.36. The minimum Gasteiger partial charge on any atom is -0.481 e. The highest BCUT2D eigenvalue weighted by atomic mass is 35.5. The Labute approximate surface area is 290 Å². The number of rotatable bonds is 7. The Balaban J connectivity index is 1.25. The number of ether oxygens (including phenoxy) is 2. The number of nitrogens with one attached hydrogen (secondary N) is 2. The zero-order chi connectivity index (χ0) is 35.3. The quantitative estimate of drug-likeness (QED) is 0.174. The molecule has 3 aromatic heterocycles. The summed E-state index contributed by atoms with van der Waals surface area (Å²) in [7, 11) is 3.00. The first kappa shape index (κ1) is 33.9. The second-order valence-corrected chi connectivity index (χ2v) is 12.9. The third-order valence-electron chi connectivity index (χ3n) is 9.46. The molecule has 1 saturated heterocycles. The van der Waals surface area contributed by atoms with E-state index < -0.39 is 23.5 Å². The van der Waals surface area contributed by atoms with Crippen molar-refractivity contribution in [1.29, 1.82) is 0 Å². The normalized spacial score (nSPS) is 19.1. The molecule has 14 heteroatoms. The summed E-state index contributed by atoms with van der Waals surface area (Å²) in [5.74, 6) is 0.256. The predicted molar refractivity (Wildman–Crippen MR) is 184 cm³/mol. The maximum absolute atomic E-state index is 13.8. The highest BCUT2D eigenvalue weighted by Gasteiger charge is 2.35. The molecular weight excluding hydrogens is 673 g/mol. The third kappa shape index (κ3) is 6.19. The molecule has 0 spiro atoms. The summed E-state index contributed by atoms with van der Waals surface area (Å²) in [4.78, 5) is 21.7. The van der Waals surface area contributed by atoms with Gasteiger partial charge in [-0.1, -0.05) is 41.9 Å². The fourth-order valence-electron chi connectivity index (χ4n) is 6.86. The Bertz CT molecular complexity index is 2180. The highest BCUT2D eigenvalue weighted by Crippen LogP contribution is 2.44. The lowest BCUT2D eigenvalue weighted by Crippen LogP contribution is -2.47. The number of methoxy groups -OCH3 is 1. The van der Waals surface area contributed by atoms with Crippen LogP contribution in [0.25, 0.3) is 33.2 Å². The lowest BCUT2D eigenvalue weighted by atomic mass is 9.96. The van der Waals surface area contributed by atoms with Crippen LogP contribution in [0.5, 0.6) is 5.88 Å². The van der Waals surface area contributed by atoms with Crippen LogP contribution >= 0.6 is 11.6 Å². The number of benzene rings is 2. The smallest absolute Gasteiger partial charge is 0.433 e. The SMILES string of the molecule is COc1nc(-c2cccc(-c3cccc(Nc4nc(C(F)(F)F)cc5cnn(C)c(=O)c45)c3C)c2Cl)cc2c1C(NC1CCOCC1O)CC2. The number of aliphatic hydroxyl groups is 1. The van der Waals surface area contributed by atoms with Gasteiger partial charge in [0.05, 0.1) is 42.1 Å². The molecular formula is C36H34ClF3N6O4. The fraction of sp³-hybridized carbons (Fsp3) is 0.333. The van der Waals surface area contributed by atoms with Gasteiger partial charge < -0.3 is 25.2 Å². The molecule has 0 radical (unpaired) electrons. The molecule has 3 N–H and O–H groups in total. The maximum Gasteiger partial charge on any atom is 0.433 e. The topological polar surface area (TPSA) is 123 Å². The molecule has 2 aliphatic rings. The van der Waals surface area contributed by atoms with E-state index in [9.17, 15) is 23.1 Å². The lowest BCUT2D eigenvalue weighted by molar-refractivity contribution is -0.141. The van der Waals surface area contributed by atoms with E-state index in [1.165, 1.54) is 13.2 Å². The number of hydrogen-bond acceptors (Lipinski definition) is 9. The van der Waals surface area contributed by atoms with E-state index in [2.05, 4.69) is 20.7 Å². The van der Waals surface area contributed by atoms with Crippen molar-refractivity contribution in [3.8, 4) is 28.3 Å². The van der Waals surface area contributed by atoms with Crippen LogP contribution in [0.2, 0.25) is 5.02 Å². The summed E-state index contributed by atoms with van der Waals surface area (Å²) in [5.41, 5.74) is 4.16. The van der Waals surface area contributed by atoms with Crippen LogP contribution in [-0.2, 0) is 24.4 Å². The zero-order valence-corrected chi connectivity index (χ0v) is 28.2. The average molecular weight is 707 g/mol. The number of aryl methyl sites for hydroxylation is 2. The van der Waals surface area contributed by atoms with Crippen molar-refractivity contribution in [3.63, 3.8) is 0 Å². The molecule has 1 aliphatic heterocycles. The fourth-order valence-corrected chi connectivity index (χ4v) is 7.18. The first-order valence-corrected chi connectivity index (χ1v) is 16.5. The van der Waals surface area contributed by atoms with Crippen LogP contribution in [0.1, 0.15) is 41.3 Å². The van der Waals surface area contributed by atoms with Crippen molar-refractivity contribution in [3.05, 3.63) is 92.5 Å². The molecule has 0 amide bonds. The van der Waals surface area contributed by atoms with Crippen LogP contribution in [0.3, 0.4) is 0 Å². The van der Waals surface area contributed by atoms with Crippen molar-refractivity contribution >= 4 is 33.9 Å². The van der Waals surface area contributed by atoms with E-state index in [4.69, 9.17) is 26.1 Å². The van der Waals surface area contributed by atoms with E-state index in [-0.39, 0.29) is 28.7 Å². The van der Waals surface area contributed by atoms with Crippen molar-refractivity contribution < 1.29 is 27.8 Å². The van der Waals surface area contributed by atoms with Gasteiger partial charge in [0.1, 0.15) is 11.5 Å². The van der Waals surface area contributed by atoms with E-state index in [0.29, 0.717) is 58.6 Å². The standard InChI is InChI=1S/C36H34ClF3N6O4/c1-18-21(6-5-9-24(18)43-33-31-20(16-41-46(2)35(31)48)15-29(45-33)36(38,39)40)22-7-4-8-23(32(22)37)27-14-19-10-11-26(30(19)34(44-27)49-3)42-25-12-13-50-17-28(25)47/h4-9,14-16,25-26,28,42,47H,10-13,17H2,1-3H3,(H,43,45). The summed E-state index contributed by atoms with van der Waals surface area (Å²) in [6.07, 6.45) is -1.79. The maximum atomic E-state index is 13.8. The van der Waals surface area contributed by atoms with Crippen LogP contribution in [0.4, 0.5) is 24.7 Å². The van der Waals surface area contributed by atoms with Crippen molar-refractivity contribution in [2.75, 3.05) is 25.6 Å². The number of fused-ring (bicyclic) bond motifs is 2. The number of halogens is 4. The van der Waals surface area contributed by atoms with Gasteiger partial charge in [0.15, 0.2) is 0 Å². The third-order valence-corrected chi connectivity index (χ3v) is 9.87. The second-order valence-electron chi connectivity index (χ2n) is 12.5. The van der Waals surface area contributed by atoms with E-state index >= 15 is 0 Å². The van der Waals surface area contributed by atoms with Crippen LogP contribution in [-0.4, -0.2) is 57.3 Å². The molecule has 0 saturated carbocycles. The van der Waals surface area contributed by atoms with Crippen molar-refractivity contribution in [2.24, 2.45) is 7.05 Å². The van der Waals surface area contributed by atoms with Crippen molar-refractivity contribution in [2.45, 2.75) is 50.6 Å². The number of aromatic nitrogens is 4. The van der Waals surface area contributed by atoms with E-state index in [1.807, 2.05) is 37.3 Å².